The van der Waals surface area contributed by atoms with Gasteiger partial charge < -0.3 is 5.73 Å². The standard InChI is InChI=1S/C16H24N2/c1-13(14-7-3-4-8-15(14)17)18-11-16(12-18)9-5-2-6-10-16/h3-4,7-8,13H,2,5-6,9-12,17H2,1H3. The van der Waals surface area contributed by atoms with Crippen molar-refractivity contribution in [2.24, 2.45) is 5.41 Å². The highest BCUT2D eigenvalue weighted by atomic mass is 15.2. The lowest BCUT2D eigenvalue weighted by Gasteiger charge is -2.55. The lowest BCUT2D eigenvalue weighted by atomic mass is 9.68. The summed E-state index contributed by atoms with van der Waals surface area (Å²) in [5.41, 5.74) is 8.98. The predicted octanol–water partition coefficient (Wildman–Crippen LogP) is 3.60. The molecule has 0 aromatic heterocycles. The summed E-state index contributed by atoms with van der Waals surface area (Å²) < 4.78 is 0. The predicted molar refractivity (Wildman–Crippen MR) is 76.4 cm³/mol. The van der Waals surface area contributed by atoms with E-state index in [9.17, 15) is 0 Å². The van der Waals surface area contributed by atoms with Gasteiger partial charge in [-0.25, -0.2) is 0 Å². The Hall–Kier alpha value is -1.02. The highest BCUT2D eigenvalue weighted by Gasteiger charge is 2.44. The summed E-state index contributed by atoms with van der Waals surface area (Å²) in [7, 11) is 0. The zero-order chi connectivity index (χ0) is 12.6. The van der Waals surface area contributed by atoms with Crippen molar-refractivity contribution in [1.82, 2.24) is 4.90 Å². The first kappa shape index (κ1) is 12.0. The van der Waals surface area contributed by atoms with Crippen molar-refractivity contribution in [3.8, 4) is 0 Å². The van der Waals surface area contributed by atoms with Gasteiger partial charge in [0.15, 0.2) is 0 Å². The Kier molecular flexibility index (Phi) is 3.06. The van der Waals surface area contributed by atoms with Crippen LogP contribution in [-0.4, -0.2) is 18.0 Å². The summed E-state index contributed by atoms with van der Waals surface area (Å²) in [6.07, 6.45) is 7.22. The molecule has 2 aliphatic rings. The molecule has 2 nitrogen and oxygen atoms in total. The number of benzene rings is 1. The van der Waals surface area contributed by atoms with E-state index < -0.39 is 0 Å². The second-order valence-electron chi connectivity index (χ2n) is 6.27. The van der Waals surface area contributed by atoms with E-state index in [2.05, 4.69) is 24.0 Å². The minimum Gasteiger partial charge on any atom is -0.398 e. The second kappa shape index (κ2) is 4.58. The van der Waals surface area contributed by atoms with E-state index in [1.165, 1.54) is 50.8 Å². The summed E-state index contributed by atoms with van der Waals surface area (Å²) in [4.78, 5) is 2.59. The third kappa shape index (κ3) is 2.03. The van der Waals surface area contributed by atoms with Crippen molar-refractivity contribution in [3.63, 3.8) is 0 Å². The molecule has 0 bridgehead atoms. The van der Waals surface area contributed by atoms with Crippen LogP contribution in [0.2, 0.25) is 0 Å². The zero-order valence-electron chi connectivity index (χ0n) is 11.4. The number of anilines is 1. The van der Waals surface area contributed by atoms with Crippen LogP contribution in [0, 0.1) is 5.41 Å². The molecule has 1 aromatic rings. The Morgan fingerprint density at radius 3 is 2.44 bits per heavy atom. The van der Waals surface area contributed by atoms with Gasteiger partial charge in [-0.1, -0.05) is 37.5 Å². The van der Waals surface area contributed by atoms with Crippen LogP contribution in [0.4, 0.5) is 5.69 Å². The Morgan fingerprint density at radius 2 is 1.78 bits per heavy atom. The van der Waals surface area contributed by atoms with Gasteiger partial charge in [0.25, 0.3) is 0 Å². The van der Waals surface area contributed by atoms with Crippen LogP contribution >= 0.6 is 0 Å². The first-order valence-electron chi connectivity index (χ1n) is 7.29. The number of likely N-dealkylation sites (tertiary alicyclic amines) is 1. The van der Waals surface area contributed by atoms with Crippen LogP contribution in [0.1, 0.15) is 50.6 Å². The third-order valence-electron chi connectivity index (χ3n) is 4.99. The first-order chi connectivity index (χ1) is 8.70. The molecular formula is C16H24N2. The summed E-state index contributed by atoms with van der Waals surface area (Å²) >= 11 is 0. The molecule has 1 aromatic carbocycles. The number of nitrogens with zero attached hydrogens (tertiary/aromatic N) is 1. The fourth-order valence-corrected chi connectivity index (χ4v) is 3.80. The molecule has 1 atom stereocenters. The highest BCUT2D eigenvalue weighted by Crippen LogP contribution is 2.47. The number of rotatable bonds is 2. The van der Waals surface area contributed by atoms with Gasteiger partial charge in [0.05, 0.1) is 0 Å². The molecule has 18 heavy (non-hydrogen) atoms. The van der Waals surface area contributed by atoms with E-state index in [4.69, 9.17) is 5.73 Å². The second-order valence-corrected chi connectivity index (χ2v) is 6.27. The Balaban J connectivity index is 1.66. The molecule has 1 heterocycles. The van der Waals surface area contributed by atoms with E-state index >= 15 is 0 Å². The van der Waals surface area contributed by atoms with Crippen molar-refractivity contribution >= 4 is 5.69 Å². The molecule has 1 unspecified atom stereocenters. The number of hydrogen-bond acceptors (Lipinski definition) is 2. The van der Waals surface area contributed by atoms with Crippen LogP contribution in [-0.2, 0) is 0 Å². The number of nitrogen functional groups attached to an aromatic ring is 1. The summed E-state index contributed by atoms with van der Waals surface area (Å²) in [5, 5.41) is 0. The molecular weight excluding hydrogens is 220 g/mol. The molecule has 1 aliphatic heterocycles. The minimum absolute atomic E-state index is 0.471. The van der Waals surface area contributed by atoms with Gasteiger partial charge in [0, 0.05) is 24.8 Å². The van der Waals surface area contributed by atoms with Crippen molar-refractivity contribution in [3.05, 3.63) is 29.8 Å². The molecule has 2 N–H and O–H groups in total. The lowest BCUT2D eigenvalue weighted by Crippen LogP contribution is -2.57. The molecule has 1 aliphatic carbocycles. The highest BCUT2D eigenvalue weighted by molar-refractivity contribution is 5.48. The molecule has 3 rings (SSSR count). The monoisotopic (exact) mass is 244 g/mol. The largest absolute Gasteiger partial charge is 0.398 e. The van der Waals surface area contributed by atoms with Crippen molar-refractivity contribution in [1.29, 1.82) is 0 Å². The van der Waals surface area contributed by atoms with Crippen molar-refractivity contribution < 1.29 is 0 Å². The van der Waals surface area contributed by atoms with Crippen molar-refractivity contribution in [2.75, 3.05) is 18.8 Å². The van der Waals surface area contributed by atoms with Gasteiger partial charge in [-0.3, -0.25) is 4.90 Å². The fourth-order valence-electron chi connectivity index (χ4n) is 3.80. The van der Waals surface area contributed by atoms with Gasteiger partial charge in [0.1, 0.15) is 0 Å². The molecule has 2 fully saturated rings. The van der Waals surface area contributed by atoms with Crippen LogP contribution in [0.15, 0.2) is 24.3 Å². The zero-order valence-corrected chi connectivity index (χ0v) is 11.4. The Morgan fingerprint density at radius 1 is 1.11 bits per heavy atom. The van der Waals surface area contributed by atoms with Crippen LogP contribution < -0.4 is 5.73 Å². The maximum absolute atomic E-state index is 6.08. The molecule has 2 heteroatoms. The molecule has 1 saturated carbocycles. The van der Waals surface area contributed by atoms with Crippen molar-refractivity contribution in [2.45, 2.75) is 45.1 Å². The number of nitrogens with two attached hydrogens (primary N) is 1. The minimum atomic E-state index is 0.471. The van der Waals surface area contributed by atoms with Crippen LogP contribution in [0.3, 0.4) is 0 Å². The lowest BCUT2D eigenvalue weighted by molar-refractivity contribution is -0.0515. The van der Waals surface area contributed by atoms with E-state index in [-0.39, 0.29) is 0 Å². The Labute approximate surface area is 110 Å². The van der Waals surface area contributed by atoms with E-state index in [0.717, 1.165) is 5.69 Å². The maximum atomic E-state index is 6.08. The average molecular weight is 244 g/mol. The molecule has 0 amide bonds. The smallest absolute Gasteiger partial charge is 0.0362 e. The third-order valence-corrected chi connectivity index (χ3v) is 4.99. The Bertz CT molecular complexity index is 413. The van der Waals surface area contributed by atoms with E-state index in [0.29, 0.717) is 11.5 Å². The topological polar surface area (TPSA) is 29.3 Å². The number of hydrogen-bond donors (Lipinski definition) is 1. The van der Waals surface area contributed by atoms with Gasteiger partial charge in [-0.15, -0.1) is 0 Å². The average Bonchev–Trinajstić information content (AvgIpc) is 2.37. The van der Waals surface area contributed by atoms with Crippen LogP contribution in [0.5, 0.6) is 0 Å². The normalized spacial score (nSPS) is 24.7. The van der Waals surface area contributed by atoms with Gasteiger partial charge in [0.2, 0.25) is 0 Å². The quantitative estimate of drug-likeness (QED) is 0.805. The molecule has 0 radical (unpaired) electrons. The first-order valence-corrected chi connectivity index (χ1v) is 7.29. The molecule has 1 saturated heterocycles. The van der Waals surface area contributed by atoms with Gasteiger partial charge in [-0.2, -0.15) is 0 Å². The molecule has 1 spiro atoms. The number of para-hydroxylation sites is 1. The van der Waals surface area contributed by atoms with E-state index in [1.54, 1.807) is 0 Å². The SMILES string of the molecule is CC(c1ccccc1N)N1CC2(CCCCC2)C1. The van der Waals surface area contributed by atoms with Gasteiger partial charge in [-0.05, 0) is 36.8 Å². The van der Waals surface area contributed by atoms with Gasteiger partial charge >= 0.3 is 0 Å². The summed E-state index contributed by atoms with van der Waals surface area (Å²) in [5.74, 6) is 0. The maximum Gasteiger partial charge on any atom is 0.0362 e. The molecule has 98 valence electrons. The summed E-state index contributed by atoms with van der Waals surface area (Å²) in [6, 6.07) is 8.77. The van der Waals surface area contributed by atoms with E-state index in [1.807, 2.05) is 12.1 Å². The van der Waals surface area contributed by atoms with Crippen LogP contribution in [0.25, 0.3) is 0 Å². The fraction of sp³-hybridized carbons (Fsp3) is 0.625. The summed E-state index contributed by atoms with van der Waals surface area (Å²) in [6.45, 7) is 4.85.